The number of aryl methyl sites for hydroxylation is 1. The summed E-state index contributed by atoms with van der Waals surface area (Å²) >= 11 is 0. The molecule has 0 saturated carbocycles. The summed E-state index contributed by atoms with van der Waals surface area (Å²) in [6.07, 6.45) is 1.25. The number of hydrogen-bond acceptors (Lipinski definition) is 2. The van der Waals surface area contributed by atoms with Crippen molar-refractivity contribution < 1.29 is 0 Å². The smallest absolute Gasteiger partial charge is 0.0449 e. The van der Waals surface area contributed by atoms with Crippen molar-refractivity contribution >= 4 is 0 Å². The van der Waals surface area contributed by atoms with E-state index < -0.39 is 0 Å². The number of rotatable bonds is 7. The van der Waals surface area contributed by atoms with Crippen LogP contribution in [0.4, 0.5) is 0 Å². The standard InChI is InChI=1S/C17H30N2/c1-13(2)11-15(4)19(6)12-17(18-5)16-10-8-7-9-14(16)3/h7-10,13,15,17-18H,11-12H2,1-6H3. The van der Waals surface area contributed by atoms with Crippen LogP contribution in [-0.2, 0) is 0 Å². The van der Waals surface area contributed by atoms with Crippen LogP contribution in [0.1, 0.15) is 44.4 Å². The number of hydrogen-bond donors (Lipinski definition) is 1. The highest BCUT2D eigenvalue weighted by molar-refractivity contribution is 5.28. The van der Waals surface area contributed by atoms with Crippen LogP contribution < -0.4 is 5.32 Å². The molecule has 0 heterocycles. The zero-order valence-corrected chi connectivity index (χ0v) is 13.4. The van der Waals surface area contributed by atoms with E-state index >= 15 is 0 Å². The minimum atomic E-state index is 0.404. The number of benzene rings is 1. The molecule has 1 aromatic rings. The fraction of sp³-hybridized carbons (Fsp3) is 0.647. The van der Waals surface area contributed by atoms with Crippen molar-refractivity contribution in [2.45, 2.75) is 46.2 Å². The van der Waals surface area contributed by atoms with E-state index in [-0.39, 0.29) is 0 Å². The number of nitrogens with one attached hydrogen (secondary N) is 1. The summed E-state index contributed by atoms with van der Waals surface area (Å²) in [5.41, 5.74) is 2.78. The third kappa shape index (κ3) is 4.96. The first-order chi connectivity index (χ1) is 8.95. The monoisotopic (exact) mass is 262 g/mol. The summed E-state index contributed by atoms with van der Waals surface area (Å²) in [4.78, 5) is 2.47. The molecule has 1 N–H and O–H groups in total. The van der Waals surface area contributed by atoms with Crippen LogP contribution in [0.5, 0.6) is 0 Å². The Morgan fingerprint density at radius 1 is 1.16 bits per heavy atom. The van der Waals surface area contributed by atoms with Gasteiger partial charge < -0.3 is 10.2 Å². The average Bonchev–Trinajstić information content (AvgIpc) is 2.35. The molecule has 0 spiro atoms. The maximum Gasteiger partial charge on any atom is 0.0449 e. The molecule has 2 unspecified atom stereocenters. The van der Waals surface area contributed by atoms with Gasteiger partial charge in [-0.3, -0.25) is 0 Å². The lowest BCUT2D eigenvalue weighted by atomic mass is 9.99. The molecule has 0 aliphatic heterocycles. The van der Waals surface area contributed by atoms with E-state index in [1.165, 1.54) is 17.5 Å². The van der Waals surface area contributed by atoms with Crippen molar-refractivity contribution in [2.24, 2.45) is 5.92 Å². The van der Waals surface area contributed by atoms with Gasteiger partial charge in [0, 0.05) is 18.6 Å². The van der Waals surface area contributed by atoms with E-state index in [4.69, 9.17) is 0 Å². The highest BCUT2D eigenvalue weighted by atomic mass is 15.1. The van der Waals surface area contributed by atoms with Gasteiger partial charge in [-0.1, -0.05) is 38.1 Å². The topological polar surface area (TPSA) is 15.3 Å². The van der Waals surface area contributed by atoms with Gasteiger partial charge in [0.15, 0.2) is 0 Å². The second kappa shape index (κ2) is 7.66. The van der Waals surface area contributed by atoms with E-state index in [9.17, 15) is 0 Å². The van der Waals surface area contributed by atoms with Crippen molar-refractivity contribution in [3.63, 3.8) is 0 Å². The first-order valence-electron chi connectivity index (χ1n) is 7.38. The van der Waals surface area contributed by atoms with Crippen molar-refractivity contribution in [1.82, 2.24) is 10.2 Å². The molecule has 0 aliphatic rings. The molecule has 2 atom stereocenters. The lowest BCUT2D eigenvalue weighted by Crippen LogP contribution is -2.37. The Labute approximate surface area is 119 Å². The first kappa shape index (κ1) is 16.2. The molecule has 2 heteroatoms. The Morgan fingerprint density at radius 2 is 1.79 bits per heavy atom. The van der Waals surface area contributed by atoms with Crippen molar-refractivity contribution in [2.75, 3.05) is 20.6 Å². The van der Waals surface area contributed by atoms with Gasteiger partial charge in [-0.05, 0) is 51.4 Å². The highest BCUT2D eigenvalue weighted by Gasteiger charge is 2.17. The molecule has 1 rings (SSSR count). The fourth-order valence-electron chi connectivity index (χ4n) is 2.65. The Bertz CT molecular complexity index is 373. The zero-order chi connectivity index (χ0) is 14.4. The minimum Gasteiger partial charge on any atom is -0.312 e. The SMILES string of the molecule is CNC(CN(C)C(C)CC(C)C)c1ccccc1C. The van der Waals surface area contributed by atoms with Gasteiger partial charge in [0.25, 0.3) is 0 Å². The second-order valence-electron chi connectivity index (χ2n) is 6.12. The quantitative estimate of drug-likeness (QED) is 0.807. The van der Waals surface area contributed by atoms with Crippen LogP contribution in [0.2, 0.25) is 0 Å². The normalized spacial score (nSPS) is 14.9. The molecular formula is C17H30N2. The van der Waals surface area contributed by atoms with E-state index in [0.29, 0.717) is 12.1 Å². The molecule has 19 heavy (non-hydrogen) atoms. The third-order valence-corrected chi connectivity index (χ3v) is 3.95. The predicted molar refractivity (Wildman–Crippen MR) is 84.5 cm³/mol. The van der Waals surface area contributed by atoms with Gasteiger partial charge >= 0.3 is 0 Å². The van der Waals surface area contributed by atoms with Crippen molar-refractivity contribution in [1.29, 1.82) is 0 Å². The summed E-state index contributed by atoms with van der Waals surface area (Å²) in [6.45, 7) is 10.2. The maximum absolute atomic E-state index is 3.46. The van der Waals surface area contributed by atoms with Gasteiger partial charge in [-0.2, -0.15) is 0 Å². The average molecular weight is 262 g/mol. The predicted octanol–water partition coefficient (Wildman–Crippen LogP) is 3.62. The third-order valence-electron chi connectivity index (χ3n) is 3.95. The van der Waals surface area contributed by atoms with Crippen LogP contribution in [0, 0.1) is 12.8 Å². The molecule has 0 fully saturated rings. The highest BCUT2D eigenvalue weighted by Crippen LogP contribution is 2.19. The lowest BCUT2D eigenvalue weighted by Gasteiger charge is -2.30. The maximum atomic E-state index is 3.46. The number of nitrogens with zero attached hydrogens (tertiary/aromatic N) is 1. The summed E-state index contributed by atoms with van der Waals surface area (Å²) in [5, 5.41) is 3.46. The molecule has 1 aromatic carbocycles. The second-order valence-corrected chi connectivity index (χ2v) is 6.12. The van der Waals surface area contributed by atoms with Crippen molar-refractivity contribution in [3.05, 3.63) is 35.4 Å². The van der Waals surface area contributed by atoms with Crippen LogP contribution in [0.3, 0.4) is 0 Å². The first-order valence-corrected chi connectivity index (χ1v) is 7.38. The van der Waals surface area contributed by atoms with Gasteiger partial charge in [0.05, 0.1) is 0 Å². The van der Waals surface area contributed by atoms with Gasteiger partial charge in [0.1, 0.15) is 0 Å². The molecule has 0 bridgehead atoms. The summed E-state index contributed by atoms with van der Waals surface area (Å²) in [6, 6.07) is 9.69. The summed E-state index contributed by atoms with van der Waals surface area (Å²) in [5.74, 6) is 0.754. The summed E-state index contributed by atoms with van der Waals surface area (Å²) in [7, 11) is 4.29. The molecule has 0 aromatic heterocycles. The van der Waals surface area contributed by atoms with Crippen LogP contribution in [-0.4, -0.2) is 31.6 Å². The Balaban J connectivity index is 2.69. The molecule has 0 radical (unpaired) electrons. The van der Waals surface area contributed by atoms with Gasteiger partial charge in [-0.15, -0.1) is 0 Å². The van der Waals surface area contributed by atoms with E-state index in [1.54, 1.807) is 0 Å². The number of likely N-dealkylation sites (N-methyl/N-ethyl adjacent to an activating group) is 2. The Morgan fingerprint density at radius 3 is 2.32 bits per heavy atom. The van der Waals surface area contributed by atoms with Crippen molar-refractivity contribution in [3.8, 4) is 0 Å². The van der Waals surface area contributed by atoms with Gasteiger partial charge in [-0.25, -0.2) is 0 Å². The summed E-state index contributed by atoms with van der Waals surface area (Å²) < 4.78 is 0. The van der Waals surface area contributed by atoms with Crippen LogP contribution >= 0.6 is 0 Å². The van der Waals surface area contributed by atoms with E-state index in [1.807, 2.05) is 0 Å². The Hall–Kier alpha value is -0.860. The molecule has 2 nitrogen and oxygen atoms in total. The molecule has 108 valence electrons. The largest absolute Gasteiger partial charge is 0.312 e. The van der Waals surface area contributed by atoms with Crippen LogP contribution in [0.25, 0.3) is 0 Å². The van der Waals surface area contributed by atoms with E-state index in [2.05, 4.69) is 76.3 Å². The lowest BCUT2D eigenvalue weighted by molar-refractivity contribution is 0.208. The van der Waals surface area contributed by atoms with Gasteiger partial charge in [0.2, 0.25) is 0 Å². The van der Waals surface area contributed by atoms with E-state index in [0.717, 1.165) is 12.5 Å². The van der Waals surface area contributed by atoms with Crippen LogP contribution in [0.15, 0.2) is 24.3 Å². The molecule has 0 saturated heterocycles. The molecule has 0 aliphatic carbocycles. The zero-order valence-electron chi connectivity index (χ0n) is 13.4. The molecular weight excluding hydrogens is 232 g/mol. The Kier molecular flexibility index (Phi) is 6.53. The molecule has 0 amide bonds. The fourth-order valence-corrected chi connectivity index (χ4v) is 2.65. The minimum absolute atomic E-state index is 0.404.